The van der Waals surface area contributed by atoms with Gasteiger partial charge in [0.25, 0.3) is 5.91 Å². The Hall–Kier alpha value is -2.41. The molecule has 1 aromatic carbocycles. The number of nitrogens with two attached hydrogens (primary N) is 1. The van der Waals surface area contributed by atoms with E-state index in [1.807, 2.05) is 30.2 Å². The first-order valence-corrected chi connectivity index (χ1v) is 9.86. The third-order valence-corrected chi connectivity index (χ3v) is 6.77. The van der Waals surface area contributed by atoms with E-state index in [1.54, 1.807) is 0 Å². The number of benzene rings is 1. The number of nitrogens with zero attached hydrogens (tertiary/aromatic N) is 3. The molecule has 3 aromatic rings. The number of anilines is 1. The van der Waals surface area contributed by atoms with E-state index >= 15 is 0 Å². The maximum absolute atomic E-state index is 13.2. The second-order valence-electron chi connectivity index (χ2n) is 7.57. The number of aryl methyl sites for hydroxylation is 2. The molecule has 1 unspecified atom stereocenters. The van der Waals surface area contributed by atoms with Crippen molar-refractivity contribution in [2.75, 3.05) is 18.8 Å². The van der Waals surface area contributed by atoms with Gasteiger partial charge >= 0.3 is 0 Å². The number of thiazole rings is 1. The molecule has 134 valence electrons. The Morgan fingerprint density at radius 3 is 3.15 bits per heavy atom. The van der Waals surface area contributed by atoms with Gasteiger partial charge in [0.2, 0.25) is 0 Å². The quantitative estimate of drug-likeness (QED) is 0.692. The van der Waals surface area contributed by atoms with Crippen LogP contribution in [0.4, 0.5) is 5.13 Å². The molecule has 1 atom stereocenters. The SMILES string of the molecule is Cc1cc(C(=O)N2CCCC3(CCc4cn[nH]c43)C2)cc2sc(N)nc12. The highest BCUT2D eigenvalue weighted by molar-refractivity contribution is 7.22. The van der Waals surface area contributed by atoms with Crippen LogP contribution in [-0.2, 0) is 11.8 Å². The molecular formula is C19H21N5OS. The lowest BCUT2D eigenvalue weighted by Crippen LogP contribution is -2.47. The highest BCUT2D eigenvalue weighted by atomic mass is 32.1. The molecule has 0 radical (unpaired) electrons. The second kappa shape index (κ2) is 5.54. The van der Waals surface area contributed by atoms with Crippen molar-refractivity contribution < 1.29 is 4.79 Å². The number of carbonyl (C=O) groups excluding carboxylic acids is 1. The molecule has 2 aliphatic rings. The zero-order chi connectivity index (χ0) is 17.9. The van der Waals surface area contributed by atoms with E-state index < -0.39 is 0 Å². The maximum Gasteiger partial charge on any atom is 0.253 e. The predicted molar refractivity (Wildman–Crippen MR) is 102 cm³/mol. The average Bonchev–Trinajstić information content (AvgIpc) is 3.32. The Morgan fingerprint density at radius 1 is 1.38 bits per heavy atom. The summed E-state index contributed by atoms with van der Waals surface area (Å²) in [5.41, 5.74) is 11.1. The van der Waals surface area contributed by atoms with Gasteiger partial charge in [0.05, 0.1) is 16.4 Å². The van der Waals surface area contributed by atoms with E-state index in [9.17, 15) is 4.79 Å². The number of fused-ring (bicyclic) bond motifs is 3. The Balaban J connectivity index is 1.47. The van der Waals surface area contributed by atoms with E-state index in [4.69, 9.17) is 5.73 Å². The molecule has 0 saturated carbocycles. The lowest BCUT2D eigenvalue weighted by molar-refractivity contribution is 0.0633. The number of amides is 1. The van der Waals surface area contributed by atoms with Gasteiger partial charge in [-0.2, -0.15) is 5.10 Å². The van der Waals surface area contributed by atoms with Crippen LogP contribution in [0, 0.1) is 6.92 Å². The Bertz CT molecular complexity index is 1020. The molecule has 6 nitrogen and oxygen atoms in total. The smallest absolute Gasteiger partial charge is 0.253 e. The average molecular weight is 367 g/mol. The van der Waals surface area contributed by atoms with Gasteiger partial charge in [-0.1, -0.05) is 11.3 Å². The number of aromatic nitrogens is 3. The fourth-order valence-corrected chi connectivity index (χ4v) is 5.54. The van der Waals surface area contributed by atoms with Gasteiger partial charge < -0.3 is 10.6 Å². The predicted octanol–water partition coefficient (Wildman–Crippen LogP) is 3.03. The van der Waals surface area contributed by atoms with E-state index in [0.717, 1.165) is 60.1 Å². The van der Waals surface area contributed by atoms with Gasteiger partial charge in [-0.25, -0.2) is 4.98 Å². The van der Waals surface area contributed by atoms with Crippen LogP contribution >= 0.6 is 11.3 Å². The molecule has 1 saturated heterocycles. The van der Waals surface area contributed by atoms with Crippen LogP contribution in [0.3, 0.4) is 0 Å². The maximum atomic E-state index is 13.2. The largest absolute Gasteiger partial charge is 0.375 e. The van der Waals surface area contributed by atoms with Gasteiger partial charge in [0, 0.05) is 29.8 Å². The first kappa shape index (κ1) is 15.8. The highest BCUT2D eigenvalue weighted by Gasteiger charge is 2.44. The van der Waals surface area contributed by atoms with Crippen LogP contribution in [0.1, 0.15) is 46.4 Å². The summed E-state index contributed by atoms with van der Waals surface area (Å²) in [5.74, 6) is 0.106. The van der Waals surface area contributed by atoms with E-state index in [-0.39, 0.29) is 11.3 Å². The summed E-state index contributed by atoms with van der Waals surface area (Å²) in [6.07, 6.45) is 6.24. The van der Waals surface area contributed by atoms with Crippen LogP contribution < -0.4 is 5.73 Å². The zero-order valence-electron chi connectivity index (χ0n) is 14.7. The van der Waals surface area contributed by atoms with Crippen molar-refractivity contribution in [3.05, 3.63) is 40.7 Å². The summed E-state index contributed by atoms with van der Waals surface area (Å²) in [6, 6.07) is 3.89. The zero-order valence-corrected chi connectivity index (χ0v) is 15.5. The van der Waals surface area contributed by atoms with Crippen molar-refractivity contribution in [1.29, 1.82) is 0 Å². The number of nitrogens with one attached hydrogen (secondary N) is 1. The molecule has 1 amide bonds. The molecule has 1 fully saturated rings. The molecule has 3 N–H and O–H groups in total. The lowest BCUT2D eigenvalue weighted by Gasteiger charge is -2.40. The summed E-state index contributed by atoms with van der Waals surface area (Å²) in [5, 5.41) is 7.97. The molecule has 2 aromatic heterocycles. The number of carbonyl (C=O) groups is 1. The number of hydrogen-bond acceptors (Lipinski definition) is 5. The highest BCUT2D eigenvalue weighted by Crippen LogP contribution is 2.44. The number of rotatable bonds is 1. The molecule has 1 spiro atoms. The molecular weight excluding hydrogens is 346 g/mol. The number of hydrogen-bond donors (Lipinski definition) is 2. The number of aromatic amines is 1. The van der Waals surface area contributed by atoms with Crippen LogP contribution in [0.15, 0.2) is 18.3 Å². The van der Waals surface area contributed by atoms with Crippen molar-refractivity contribution in [2.24, 2.45) is 0 Å². The summed E-state index contributed by atoms with van der Waals surface area (Å²) >= 11 is 1.44. The Kier molecular flexibility index (Phi) is 3.37. The number of nitrogen functional groups attached to an aromatic ring is 1. The minimum atomic E-state index is 0.0494. The number of piperidine rings is 1. The Morgan fingerprint density at radius 2 is 2.27 bits per heavy atom. The molecule has 3 heterocycles. The Labute approximate surface area is 155 Å². The first-order valence-electron chi connectivity index (χ1n) is 9.04. The van der Waals surface area contributed by atoms with Crippen LogP contribution in [0.25, 0.3) is 10.2 Å². The van der Waals surface area contributed by atoms with Crippen LogP contribution in [0.2, 0.25) is 0 Å². The third-order valence-electron chi connectivity index (χ3n) is 5.93. The summed E-state index contributed by atoms with van der Waals surface area (Å²) in [6.45, 7) is 3.57. The topological polar surface area (TPSA) is 87.9 Å². The summed E-state index contributed by atoms with van der Waals surface area (Å²) in [4.78, 5) is 19.6. The first-order chi connectivity index (χ1) is 12.6. The van der Waals surface area contributed by atoms with Gasteiger partial charge in [-0.05, 0) is 55.9 Å². The van der Waals surface area contributed by atoms with Crippen molar-refractivity contribution >= 4 is 32.6 Å². The second-order valence-corrected chi connectivity index (χ2v) is 8.64. The minimum absolute atomic E-state index is 0.0494. The summed E-state index contributed by atoms with van der Waals surface area (Å²) in [7, 11) is 0. The van der Waals surface area contributed by atoms with Gasteiger partial charge in [0.1, 0.15) is 0 Å². The fourth-order valence-electron chi connectivity index (χ4n) is 4.69. The molecule has 1 aliphatic carbocycles. The van der Waals surface area contributed by atoms with Gasteiger partial charge in [-0.3, -0.25) is 9.89 Å². The van der Waals surface area contributed by atoms with E-state index in [0.29, 0.717) is 5.13 Å². The molecule has 0 bridgehead atoms. The minimum Gasteiger partial charge on any atom is -0.375 e. The lowest BCUT2D eigenvalue weighted by atomic mass is 9.77. The standard InChI is InChI=1S/C19H21N5OS/c1-11-7-13(8-14-15(11)22-18(20)26-14)17(25)24-6-2-4-19(10-24)5-3-12-9-21-23-16(12)19/h7-9H,2-6,10H2,1H3,(H2,20,22)(H,21,23). The van der Waals surface area contributed by atoms with Crippen molar-refractivity contribution in [3.63, 3.8) is 0 Å². The molecule has 5 rings (SSSR count). The van der Waals surface area contributed by atoms with Crippen LogP contribution in [-0.4, -0.2) is 39.1 Å². The van der Waals surface area contributed by atoms with Crippen LogP contribution in [0.5, 0.6) is 0 Å². The molecule has 7 heteroatoms. The number of H-pyrrole nitrogens is 1. The normalized spacial score (nSPS) is 22.3. The van der Waals surface area contributed by atoms with Crippen molar-refractivity contribution in [2.45, 2.75) is 38.0 Å². The fraction of sp³-hybridized carbons (Fsp3) is 0.421. The van der Waals surface area contributed by atoms with E-state index in [1.165, 1.54) is 22.6 Å². The van der Waals surface area contributed by atoms with Gasteiger partial charge in [-0.15, -0.1) is 0 Å². The van der Waals surface area contributed by atoms with Crippen molar-refractivity contribution in [1.82, 2.24) is 20.1 Å². The van der Waals surface area contributed by atoms with E-state index in [2.05, 4.69) is 15.2 Å². The summed E-state index contributed by atoms with van der Waals surface area (Å²) < 4.78 is 0.981. The number of likely N-dealkylation sites (tertiary alicyclic amines) is 1. The van der Waals surface area contributed by atoms with Crippen molar-refractivity contribution in [3.8, 4) is 0 Å². The third kappa shape index (κ3) is 2.26. The molecule has 26 heavy (non-hydrogen) atoms. The molecule has 1 aliphatic heterocycles. The monoisotopic (exact) mass is 367 g/mol. The van der Waals surface area contributed by atoms with Gasteiger partial charge in [0.15, 0.2) is 5.13 Å².